The average Bonchev–Trinajstić information content (AvgIpc) is 2.48. The second kappa shape index (κ2) is 6.25. The molecule has 0 amide bonds. The molecule has 0 aliphatic heterocycles. The van der Waals surface area contributed by atoms with Crippen molar-refractivity contribution in [2.75, 3.05) is 19.1 Å². The Morgan fingerprint density at radius 2 is 1.74 bits per heavy atom. The summed E-state index contributed by atoms with van der Waals surface area (Å²) in [5.74, 6) is 0.861. The molecule has 0 aliphatic rings. The third kappa shape index (κ3) is 3.48. The van der Waals surface area contributed by atoms with Crippen LogP contribution in [0.15, 0.2) is 48.5 Å². The third-order valence-electron chi connectivity index (χ3n) is 3.12. The Balaban J connectivity index is 2.08. The van der Waals surface area contributed by atoms with Gasteiger partial charge < -0.3 is 14.7 Å². The van der Waals surface area contributed by atoms with Crippen molar-refractivity contribution >= 4 is 5.69 Å². The van der Waals surface area contributed by atoms with E-state index in [0.717, 1.165) is 23.5 Å². The summed E-state index contributed by atoms with van der Waals surface area (Å²) < 4.78 is 5.23. The Labute approximate surface area is 114 Å². The highest BCUT2D eigenvalue weighted by atomic mass is 16.5. The number of rotatable bonds is 5. The number of benzene rings is 2. The first-order chi connectivity index (χ1) is 9.22. The molecule has 19 heavy (non-hydrogen) atoms. The van der Waals surface area contributed by atoms with E-state index in [-0.39, 0.29) is 6.61 Å². The van der Waals surface area contributed by atoms with Crippen LogP contribution < -0.4 is 9.64 Å². The van der Waals surface area contributed by atoms with Crippen molar-refractivity contribution in [3.8, 4) is 5.75 Å². The highest BCUT2D eigenvalue weighted by Gasteiger charge is 2.03. The van der Waals surface area contributed by atoms with Gasteiger partial charge in [0.25, 0.3) is 0 Å². The molecule has 0 aliphatic carbocycles. The Hall–Kier alpha value is -2.00. The van der Waals surface area contributed by atoms with Crippen LogP contribution in [0.1, 0.15) is 11.1 Å². The molecule has 3 nitrogen and oxygen atoms in total. The smallest absolute Gasteiger partial charge is 0.120 e. The maximum absolute atomic E-state index is 9.02. The number of nitrogens with zero attached hydrogens (tertiary/aromatic N) is 1. The summed E-state index contributed by atoms with van der Waals surface area (Å²) >= 11 is 0. The van der Waals surface area contributed by atoms with E-state index in [9.17, 15) is 0 Å². The molecular weight excluding hydrogens is 238 g/mol. The largest absolute Gasteiger partial charge is 0.497 e. The van der Waals surface area contributed by atoms with Gasteiger partial charge >= 0.3 is 0 Å². The highest BCUT2D eigenvalue weighted by Crippen LogP contribution is 2.21. The Morgan fingerprint density at radius 3 is 2.37 bits per heavy atom. The Morgan fingerprint density at radius 1 is 1.05 bits per heavy atom. The maximum atomic E-state index is 9.02. The second-order valence-corrected chi connectivity index (χ2v) is 4.53. The minimum Gasteiger partial charge on any atom is -0.497 e. The van der Waals surface area contributed by atoms with E-state index >= 15 is 0 Å². The summed E-state index contributed by atoms with van der Waals surface area (Å²) in [6.45, 7) is 0.908. The summed E-state index contributed by atoms with van der Waals surface area (Å²) in [6, 6.07) is 16.0. The van der Waals surface area contributed by atoms with E-state index < -0.39 is 0 Å². The summed E-state index contributed by atoms with van der Waals surface area (Å²) in [5, 5.41) is 9.02. The number of hydrogen-bond acceptors (Lipinski definition) is 3. The molecule has 100 valence electrons. The first-order valence-electron chi connectivity index (χ1n) is 6.27. The summed E-state index contributed by atoms with van der Waals surface area (Å²) in [7, 11) is 3.72. The number of aliphatic hydroxyl groups is 1. The quantitative estimate of drug-likeness (QED) is 0.894. The summed E-state index contributed by atoms with van der Waals surface area (Å²) in [5.41, 5.74) is 3.26. The number of methoxy groups -OCH3 is 1. The van der Waals surface area contributed by atoms with Gasteiger partial charge in [0.2, 0.25) is 0 Å². The lowest BCUT2D eigenvalue weighted by Gasteiger charge is -2.20. The lowest BCUT2D eigenvalue weighted by molar-refractivity contribution is 0.282. The average molecular weight is 257 g/mol. The van der Waals surface area contributed by atoms with Crippen LogP contribution in [-0.4, -0.2) is 19.3 Å². The van der Waals surface area contributed by atoms with Crippen LogP contribution in [0.2, 0.25) is 0 Å². The zero-order valence-corrected chi connectivity index (χ0v) is 11.3. The predicted molar refractivity (Wildman–Crippen MR) is 77.5 cm³/mol. The lowest BCUT2D eigenvalue weighted by atomic mass is 10.1. The molecule has 0 saturated heterocycles. The van der Waals surface area contributed by atoms with Gasteiger partial charge in [-0.2, -0.15) is 0 Å². The van der Waals surface area contributed by atoms with Crippen molar-refractivity contribution in [2.45, 2.75) is 13.2 Å². The van der Waals surface area contributed by atoms with E-state index in [0.29, 0.717) is 0 Å². The minimum atomic E-state index is 0.0893. The molecule has 0 spiro atoms. The Kier molecular flexibility index (Phi) is 4.42. The molecule has 0 heterocycles. The van der Waals surface area contributed by atoms with E-state index in [1.54, 1.807) is 7.11 Å². The van der Waals surface area contributed by atoms with E-state index in [1.165, 1.54) is 5.56 Å². The van der Waals surface area contributed by atoms with Gasteiger partial charge in [-0.1, -0.05) is 30.3 Å². The normalized spacial score (nSPS) is 10.3. The minimum absolute atomic E-state index is 0.0893. The van der Waals surface area contributed by atoms with Crippen LogP contribution in [0.3, 0.4) is 0 Å². The van der Waals surface area contributed by atoms with Gasteiger partial charge in [-0.05, 0) is 23.3 Å². The monoisotopic (exact) mass is 257 g/mol. The fraction of sp³-hybridized carbons (Fsp3) is 0.250. The van der Waals surface area contributed by atoms with Crippen molar-refractivity contribution in [1.29, 1.82) is 0 Å². The van der Waals surface area contributed by atoms with Crippen molar-refractivity contribution in [2.24, 2.45) is 0 Å². The molecule has 0 aromatic heterocycles. The van der Waals surface area contributed by atoms with Gasteiger partial charge in [-0.15, -0.1) is 0 Å². The van der Waals surface area contributed by atoms with Crippen LogP contribution in [0, 0.1) is 0 Å². The van der Waals surface area contributed by atoms with E-state index in [4.69, 9.17) is 9.84 Å². The van der Waals surface area contributed by atoms with E-state index in [1.807, 2.05) is 42.5 Å². The standard InChI is InChI=1S/C16H19NO2/c1-17(15-4-3-5-16(10-15)19-2)11-13-6-8-14(12-18)9-7-13/h3-10,18H,11-12H2,1-2H3. The van der Waals surface area contributed by atoms with Crippen LogP contribution >= 0.6 is 0 Å². The first kappa shape index (κ1) is 13.4. The molecular formula is C16H19NO2. The molecule has 0 bridgehead atoms. The van der Waals surface area contributed by atoms with Crippen LogP contribution in [-0.2, 0) is 13.2 Å². The number of hydrogen-bond donors (Lipinski definition) is 1. The van der Waals surface area contributed by atoms with Gasteiger partial charge in [0.1, 0.15) is 5.75 Å². The van der Waals surface area contributed by atoms with Crippen LogP contribution in [0.5, 0.6) is 5.75 Å². The molecule has 0 saturated carbocycles. The molecule has 2 aromatic carbocycles. The number of ether oxygens (including phenoxy) is 1. The van der Waals surface area contributed by atoms with Crippen molar-refractivity contribution < 1.29 is 9.84 Å². The molecule has 2 rings (SSSR count). The Bertz CT molecular complexity index is 523. The molecule has 1 N–H and O–H groups in total. The zero-order valence-electron chi connectivity index (χ0n) is 11.3. The van der Waals surface area contributed by atoms with Gasteiger partial charge in [0, 0.05) is 25.3 Å². The number of anilines is 1. The lowest BCUT2D eigenvalue weighted by Crippen LogP contribution is -2.16. The van der Waals surface area contributed by atoms with Crippen molar-refractivity contribution in [3.63, 3.8) is 0 Å². The van der Waals surface area contributed by atoms with Crippen molar-refractivity contribution in [1.82, 2.24) is 0 Å². The predicted octanol–water partition coefficient (Wildman–Crippen LogP) is 2.82. The van der Waals surface area contributed by atoms with E-state index in [2.05, 4.69) is 18.0 Å². The fourth-order valence-corrected chi connectivity index (χ4v) is 1.96. The molecule has 0 unspecified atom stereocenters. The molecule has 2 aromatic rings. The third-order valence-corrected chi connectivity index (χ3v) is 3.12. The first-order valence-corrected chi connectivity index (χ1v) is 6.27. The highest BCUT2D eigenvalue weighted by molar-refractivity contribution is 5.50. The maximum Gasteiger partial charge on any atom is 0.120 e. The molecule has 3 heteroatoms. The van der Waals surface area contributed by atoms with Crippen LogP contribution in [0.4, 0.5) is 5.69 Å². The van der Waals surface area contributed by atoms with Crippen LogP contribution in [0.25, 0.3) is 0 Å². The topological polar surface area (TPSA) is 32.7 Å². The molecule has 0 radical (unpaired) electrons. The summed E-state index contributed by atoms with van der Waals surface area (Å²) in [4.78, 5) is 2.16. The zero-order chi connectivity index (χ0) is 13.7. The van der Waals surface area contributed by atoms with Gasteiger partial charge in [0.05, 0.1) is 13.7 Å². The van der Waals surface area contributed by atoms with Gasteiger partial charge in [-0.25, -0.2) is 0 Å². The van der Waals surface area contributed by atoms with Gasteiger partial charge in [-0.3, -0.25) is 0 Å². The van der Waals surface area contributed by atoms with Crippen molar-refractivity contribution in [3.05, 3.63) is 59.7 Å². The SMILES string of the molecule is COc1cccc(N(C)Cc2ccc(CO)cc2)c1. The number of aliphatic hydroxyl groups excluding tert-OH is 1. The second-order valence-electron chi connectivity index (χ2n) is 4.53. The van der Waals surface area contributed by atoms with Gasteiger partial charge in [0.15, 0.2) is 0 Å². The fourth-order valence-electron chi connectivity index (χ4n) is 1.96. The molecule has 0 fully saturated rings. The molecule has 0 atom stereocenters. The summed E-state index contributed by atoms with van der Waals surface area (Å²) in [6.07, 6.45) is 0.